The first-order valence-corrected chi connectivity index (χ1v) is 13.2. The van der Waals surface area contributed by atoms with Crippen LogP contribution in [-0.4, -0.2) is 55.0 Å². The predicted molar refractivity (Wildman–Crippen MR) is 150 cm³/mol. The molecule has 0 aliphatic heterocycles. The number of ether oxygens (including phenoxy) is 4. The number of hydrogen-bond donors (Lipinski definition) is 1. The van der Waals surface area contributed by atoms with E-state index in [1.165, 1.54) is 45.7 Å². The van der Waals surface area contributed by atoms with E-state index in [0.717, 1.165) is 9.87 Å². The molecule has 0 spiro atoms. The normalized spacial score (nSPS) is 11.1. The molecule has 39 heavy (non-hydrogen) atoms. The lowest BCUT2D eigenvalue weighted by Gasteiger charge is -2.25. The molecule has 3 rings (SSSR count). The van der Waals surface area contributed by atoms with Crippen LogP contribution in [0.3, 0.4) is 0 Å². The second kappa shape index (κ2) is 13.3. The summed E-state index contributed by atoms with van der Waals surface area (Å²) in [5, 5.41) is 3.98. The van der Waals surface area contributed by atoms with Gasteiger partial charge in [0.15, 0.2) is 11.5 Å². The van der Waals surface area contributed by atoms with E-state index in [1.54, 1.807) is 48.5 Å². The molecule has 3 aromatic carbocycles. The summed E-state index contributed by atoms with van der Waals surface area (Å²) in [6, 6.07) is 16.1. The van der Waals surface area contributed by atoms with Crippen LogP contribution in [0, 0.1) is 6.92 Å². The third-order valence-corrected chi connectivity index (χ3v) is 7.27. The highest BCUT2D eigenvalue weighted by atomic mass is 32.2. The number of rotatable bonds is 13. The Bertz CT molecular complexity index is 1440. The second-order valence-corrected chi connectivity index (χ2v) is 10.0. The van der Waals surface area contributed by atoms with Crippen molar-refractivity contribution in [2.75, 3.05) is 38.8 Å². The Morgan fingerprint density at radius 3 is 2.31 bits per heavy atom. The highest BCUT2D eigenvalue weighted by molar-refractivity contribution is 7.92. The summed E-state index contributed by atoms with van der Waals surface area (Å²) < 4.78 is 49.8. The maximum Gasteiger partial charge on any atom is 0.264 e. The van der Waals surface area contributed by atoms with Gasteiger partial charge in [-0.1, -0.05) is 30.4 Å². The summed E-state index contributed by atoms with van der Waals surface area (Å²) >= 11 is 0. The van der Waals surface area contributed by atoms with Gasteiger partial charge in [0.2, 0.25) is 0 Å². The zero-order chi connectivity index (χ0) is 28.4. The third-order valence-electron chi connectivity index (χ3n) is 5.50. The molecular weight excluding hydrogens is 522 g/mol. The number of nitrogens with one attached hydrogen (secondary N) is 1. The molecule has 0 saturated heterocycles. The Labute approximate surface area is 228 Å². The summed E-state index contributed by atoms with van der Waals surface area (Å²) in [7, 11) is 0.243. The zero-order valence-corrected chi connectivity index (χ0v) is 23.0. The lowest BCUT2D eigenvalue weighted by molar-refractivity contribution is -0.119. The molecule has 0 aliphatic carbocycles. The minimum absolute atomic E-state index is 0.0214. The predicted octanol–water partition coefficient (Wildman–Crippen LogP) is 3.93. The number of anilines is 1. The lowest BCUT2D eigenvalue weighted by atomic mass is 10.2. The minimum atomic E-state index is -4.15. The molecule has 0 heterocycles. The van der Waals surface area contributed by atoms with E-state index in [-0.39, 0.29) is 16.3 Å². The van der Waals surface area contributed by atoms with Crippen molar-refractivity contribution >= 4 is 27.8 Å². The number of hydrogen-bond acceptors (Lipinski definition) is 8. The molecular formula is C28H31N3O7S. The second-order valence-electron chi connectivity index (χ2n) is 8.17. The average Bonchev–Trinajstić information content (AvgIpc) is 2.94. The van der Waals surface area contributed by atoms with E-state index < -0.39 is 22.5 Å². The first-order chi connectivity index (χ1) is 18.7. The monoisotopic (exact) mass is 553 g/mol. The van der Waals surface area contributed by atoms with Crippen LogP contribution in [0.2, 0.25) is 0 Å². The first-order valence-electron chi connectivity index (χ1n) is 11.8. The summed E-state index contributed by atoms with van der Waals surface area (Å²) in [6.45, 7) is 5.23. The highest BCUT2D eigenvalue weighted by Crippen LogP contribution is 2.35. The van der Waals surface area contributed by atoms with Crippen LogP contribution in [-0.2, 0) is 14.8 Å². The number of benzene rings is 3. The van der Waals surface area contributed by atoms with Crippen molar-refractivity contribution < 1.29 is 32.2 Å². The van der Waals surface area contributed by atoms with Crippen LogP contribution < -0.4 is 28.7 Å². The fourth-order valence-corrected chi connectivity index (χ4v) is 4.94. The summed E-state index contributed by atoms with van der Waals surface area (Å²) in [4.78, 5) is 12.9. The van der Waals surface area contributed by atoms with Crippen molar-refractivity contribution in [2.24, 2.45) is 5.10 Å². The number of carbonyl (C=O) groups is 1. The number of methoxy groups -OCH3 is 3. The minimum Gasteiger partial charge on any atom is -0.497 e. The van der Waals surface area contributed by atoms with E-state index in [2.05, 4.69) is 17.1 Å². The largest absolute Gasteiger partial charge is 0.497 e. The van der Waals surface area contributed by atoms with Gasteiger partial charge >= 0.3 is 0 Å². The third kappa shape index (κ3) is 7.29. The van der Waals surface area contributed by atoms with E-state index in [4.69, 9.17) is 18.9 Å². The molecule has 0 aliphatic rings. The number of carbonyl (C=O) groups excluding carboxylic acids is 1. The standard InChI is InChI=1S/C28H31N3O7S/c1-6-15-38-25-14-9-21(16-27(25)37-5)18-29-30-28(32)19-31(24-13-10-22(35-3)17-26(24)36-4)39(33,34)23-11-7-20(2)8-12-23/h6-14,16-18H,1,15,19H2,2-5H3,(H,30,32)/b29-18-. The van der Waals surface area contributed by atoms with Gasteiger partial charge in [-0.15, -0.1) is 0 Å². The number of amides is 1. The van der Waals surface area contributed by atoms with Crippen molar-refractivity contribution in [2.45, 2.75) is 11.8 Å². The fraction of sp³-hybridized carbons (Fsp3) is 0.214. The number of nitrogens with zero attached hydrogens (tertiary/aromatic N) is 2. The van der Waals surface area contributed by atoms with Gasteiger partial charge < -0.3 is 18.9 Å². The maximum atomic E-state index is 13.7. The Kier molecular flexibility index (Phi) is 9.93. The number of sulfonamides is 1. The first kappa shape index (κ1) is 29.1. The molecule has 0 radical (unpaired) electrons. The topological polar surface area (TPSA) is 116 Å². The van der Waals surface area contributed by atoms with Crippen molar-refractivity contribution in [1.82, 2.24) is 5.43 Å². The van der Waals surface area contributed by atoms with Gasteiger partial charge in [-0.05, 0) is 55.0 Å². The van der Waals surface area contributed by atoms with Crippen LogP contribution in [0.25, 0.3) is 0 Å². The Morgan fingerprint density at radius 1 is 0.949 bits per heavy atom. The molecule has 1 amide bonds. The molecule has 10 nitrogen and oxygen atoms in total. The van der Waals surface area contributed by atoms with Crippen LogP contribution in [0.4, 0.5) is 5.69 Å². The molecule has 0 aromatic heterocycles. The zero-order valence-electron chi connectivity index (χ0n) is 22.2. The molecule has 0 atom stereocenters. The van der Waals surface area contributed by atoms with Gasteiger partial charge in [-0.3, -0.25) is 9.10 Å². The smallest absolute Gasteiger partial charge is 0.264 e. The molecule has 11 heteroatoms. The molecule has 0 fully saturated rings. The Balaban J connectivity index is 1.87. The summed E-state index contributed by atoms with van der Waals surface area (Å²) in [5.74, 6) is 1.02. The van der Waals surface area contributed by atoms with Crippen molar-refractivity contribution in [1.29, 1.82) is 0 Å². The summed E-state index contributed by atoms with van der Waals surface area (Å²) in [6.07, 6.45) is 3.03. The van der Waals surface area contributed by atoms with Crippen LogP contribution in [0.5, 0.6) is 23.0 Å². The average molecular weight is 554 g/mol. The fourth-order valence-electron chi connectivity index (χ4n) is 3.51. The van der Waals surface area contributed by atoms with E-state index in [0.29, 0.717) is 29.4 Å². The molecule has 1 N–H and O–H groups in total. The Hall–Kier alpha value is -4.51. The van der Waals surface area contributed by atoms with E-state index in [9.17, 15) is 13.2 Å². The molecule has 0 bridgehead atoms. The van der Waals surface area contributed by atoms with E-state index >= 15 is 0 Å². The van der Waals surface area contributed by atoms with Crippen LogP contribution in [0.15, 0.2) is 83.3 Å². The molecule has 206 valence electrons. The Morgan fingerprint density at radius 2 is 1.67 bits per heavy atom. The van der Waals surface area contributed by atoms with Gasteiger partial charge in [-0.2, -0.15) is 5.10 Å². The van der Waals surface area contributed by atoms with Crippen molar-refractivity contribution in [3.63, 3.8) is 0 Å². The SMILES string of the molecule is C=CCOc1ccc(/C=N\NC(=O)CN(c2ccc(OC)cc2OC)S(=O)(=O)c2ccc(C)cc2)cc1OC. The summed E-state index contributed by atoms with van der Waals surface area (Å²) in [5.41, 5.74) is 4.07. The van der Waals surface area contributed by atoms with Gasteiger partial charge in [-0.25, -0.2) is 13.8 Å². The highest BCUT2D eigenvalue weighted by Gasteiger charge is 2.29. The maximum absolute atomic E-state index is 13.7. The van der Waals surface area contributed by atoms with Crippen LogP contribution >= 0.6 is 0 Å². The number of hydrazone groups is 1. The lowest BCUT2D eigenvalue weighted by Crippen LogP contribution is -2.39. The number of aryl methyl sites for hydroxylation is 1. The molecule has 0 saturated carbocycles. The quantitative estimate of drug-likeness (QED) is 0.194. The molecule has 0 unspecified atom stereocenters. The van der Waals surface area contributed by atoms with Crippen LogP contribution in [0.1, 0.15) is 11.1 Å². The van der Waals surface area contributed by atoms with E-state index in [1.807, 2.05) is 6.92 Å². The van der Waals surface area contributed by atoms with Crippen molar-refractivity contribution in [3.8, 4) is 23.0 Å². The van der Waals surface area contributed by atoms with Gasteiger partial charge in [0.1, 0.15) is 24.7 Å². The molecule has 3 aromatic rings. The van der Waals surface area contributed by atoms with Gasteiger partial charge in [0.05, 0.1) is 38.1 Å². The van der Waals surface area contributed by atoms with Gasteiger partial charge in [0.25, 0.3) is 15.9 Å². The van der Waals surface area contributed by atoms with Crippen molar-refractivity contribution in [3.05, 3.63) is 84.4 Å². The van der Waals surface area contributed by atoms with Gasteiger partial charge in [0, 0.05) is 6.07 Å².